The molecule has 0 spiro atoms. The molecule has 3 N–H and O–H groups in total. The van der Waals surface area contributed by atoms with Crippen LogP contribution in [0.25, 0.3) is 0 Å². The Balaban J connectivity index is 1.45. The second kappa shape index (κ2) is 10.8. The van der Waals surface area contributed by atoms with Crippen molar-refractivity contribution < 1.29 is 16.8 Å². The third-order valence-corrected chi connectivity index (χ3v) is 9.78. The summed E-state index contributed by atoms with van der Waals surface area (Å²) in [5.74, 6) is 0.682. The van der Waals surface area contributed by atoms with Gasteiger partial charge in [0.05, 0.1) is 10.6 Å². The van der Waals surface area contributed by atoms with Gasteiger partial charge in [-0.1, -0.05) is 6.92 Å². The Hall–Kier alpha value is -1.24. The van der Waals surface area contributed by atoms with Crippen molar-refractivity contribution in [2.75, 3.05) is 57.3 Å². The van der Waals surface area contributed by atoms with E-state index in [0.29, 0.717) is 30.6 Å². The van der Waals surface area contributed by atoms with Crippen molar-refractivity contribution in [2.45, 2.75) is 61.3 Å². The summed E-state index contributed by atoms with van der Waals surface area (Å²) in [5, 5.41) is 5.55. The fourth-order valence-corrected chi connectivity index (χ4v) is 7.61. The summed E-state index contributed by atoms with van der Waals surface area (Å²) >= 11 is 0. The van der Waals surface area contributed by atoms with E-state index < -0.39 is 20.0 Å². The second-order valence-corrected chi connectivity index (χ2v) is 13.4. The average molecular weight is 514 g/mol. The smallest absolute Gasteiger partial charge is 0.240 e. The van der Waals surface area contributed by atoms with Crippen LogP contribution in [0.3, 0.4) is 0 Å². The summed E-state index contributed by atoms with van der Waals surface area (Å²) in [6.45, 7) is 9.05. The van der Waals surface area contributed by atoms with Gasteiger partial charge in [-0.3, -0.25) is 4.90 Å². The number of nitrogens with zero attached hydrogens (tertiary/aromatic N) is 3. The maximum atomic E-state index is 12.9. The maximum absolute atomic E-state index is 12.9. The van der Waals surface area contributed by atoms with Crippen molar-refractivity contribution in [3.8, 4) is 0 Å². The minimum atomic E-state index is -4.10. The van der Waals surface area contributed by atoms with Crippen LogP contribution in [0.15, 0.2) is 28.0 Å². The SMILES string of the molecule is CC1CCCN(CCCNS(=O)(=O)c2ccc(N3CCCN4CCCC4C3)c(S(N)(=O)=O)c2)C1. The topological polar surface area (TPSA) is 116 Å². The van der Waals surface area contributed by atoms with Crippen molar-refractivity contribution in [3.63, 3.8) is 0 Å². The fraction of sp³-hybridized carbons (Fsp3) is 0.739. The van der Waals surface area contributed by atoms with E-state index in [1.54, 1.807) is 6.07 Å². The lowest BCUT2D eigenvalue weighted by atomic mass is 10.0. The Morgan fingerprint density at radius 3 is 2.53 bits per heavy atom. The largest absolute Gasteiger partial charge is 0.369 e. The molecule has 1 aromatic carbocycles. The molecule has 3 aliphatic heterocycles. The third-order valence-electron chi connectivity index (χ3n) is 7.38. The number of fused-ring (bicyclic) bond motifs is 1. The highest BCUT2D eigenvalue weighted by atomic mass is 32.2. The highest BCUT2D eigenvalue weighted by Gasteiger charge is 2.31. The highest BCUT2D eigenvalue weighted by Crippen LogP contribution is 2.31. The van der Waals surface area contributed by atoms with E-state index in [1.807, 2.05) is 0 Å². The maximum Gasteiger partial charge on any atom is 0.240 e. The predicted octanol–water partition coefficient (Wildman–Crippen LogP) is 1.41. The Morgan fingerprint density at radius 2 is 1.76 bits per heavy atom. The molecule has 0 aromatic heterocycles. The van der Waals surface area contributed by atoms with Crippen molar-refractivity contribution in [3.05, 3.63) is 18.2 Å². The molecular weight excluding hydrogens is 474 g/mol. The fourth-order valence-electron chi connectivity index (χ4n) is 5.66. The van der Waals surface area contributed by atoms with E-state index in [-0.39, 0.29) is 9.79 Å². The van der Waals surface area contributed by atoms with Crippen LogP contribution < -0.4 is 14.8 Å². The first kappa shape index (κ1) is 25.8. The van der Waals surface area contributed by atoms with E-state index in [2.05, 4.69) is 26.3 Å². The molecule has 0 radical (unpaired) electrons. The highest BCUT2D eigenvalue weighted by molar-refractivity contribution is 7.90. The van der Waals surface area contributed by atoms with Crippen LogP contribution in [0.1, 0.15) is 45.4 Å². The number of piperidine rings is 1. The second-order valence-electron chi connectivity index (χ2n) is 10.1. The number of hydrogen-bond donors (Lipinski definition) is 2. The van der Waals surface area contributed by atoms with Crippen LogP contribution in [-0.2, 0) is 20.0 Å². The molecule has 3 aliphatic rings. The first-order valence-electron chi connectivity index (χ1n) is 12.5. The first-order chi connectivity index (χ1) is 16.1. The summed E-state index contributed by atoms with van der Waals surface area (Å²) < 4.78 is 53.4. The molecule has 0 aliphatic carbocycles. The van der Waals surface area contributed by atoms with E-state index in [4.69, 9.17) is 5.14 Å². The van der Waals surface area contributed by atoms with Gasteiger partial charge in [0.2, 0.25) is 20.0 Å². The molecule has 34 heavy (non-hydrogen) atoms. The van der Waals surface area contributed by atoms with E-state index in [9.17, 15) is 16.8 Å². The molecule has 1 aromatic rings. The zero-order valence-electron chi connectivity index (χ0n) is 20.2. The molecule has 9 nitrogen and oxygen atoms in total. The molecule has 3 heterocycles. The van der Waals surface area contributed by atoms with E-state index >= 15 is 0 Å². The molecular formula is C23H39N5O4S2. The first-order valence-corrected chi connectivity index (χ1v) is 15.5. The van der Waals surface area contributed by atoms with Gasteiger partial charge < -0.3 is 9.80 Å². The van der Waals surface area contributed by atoms with E-state index in [1.165, 1.54) is 25.0 Å². The van der Waals surface area contributed by atoms with Gasteiger partial charge in [0, 0.05) is 38.8 Å². The predicted molar refractivity (Wildman–Crippen MR) is 134 cm³/mol. The molecule has 11 heteroatoms. The van der Waals surface area contributed by atoms with Crippen LogP contribution >= 0.6 is 0 Å². The van der Waals surface area contributed by atoms with Gasteiger partial charge in [-0.2, -0.15) is 0 Å². The minimum absolute atomic E-state index is 0.0656. The lowest BCUT2D eigenvalue weighted by Gasteiger charge is -2.30. The number of rotatable bonds is 8. The van der Waals surface area contributed by atoms with Gasteiger partial charge in [-0.15, -0.1) is 0 Å². The van der Waals surface area contributed by atoms with Crippen LogP contribution in [-0.4, -0.2) is 85.0 Å². The molecule has 4 rings (SSSR count). The summed E-state index contributed by atoms with van der Waals surface area (Å²) in [4.78, 5) is 6.71. The third kappa shape index (κ3) is 6.30. The monoisotopic (exact) mass is 513 g/mol. The van der Waals surface area contributed by atoms with Crippen molar-refractivity contribution in [1.82, 2.24) is 14.5 Å². The molecule has 3 saturated heterocycles. The molecule has 0 saturated carbocycles. The standard InChI is InChI=1S/C23H39N5O4S2/c1-19-6-2-11-26(17-19)12-4-10-25-34(31,32)21-8-9-22(23(16-21)33(24,29)30)28-15-5-14-27-13-3-7-20(27)18-28/h8-9,16,19-20,25H,2-7,10-15,17-18H2,1H3,(H2,24,29,30). The molecule has 0 bridgehead atoms. The van der Waals surface area contributed by atoms with Gasteiger partial charge in [0.1, 0.15) is 4.90 Å². The summed E-state index contributed by atoms with van der Waals surface area (Å²) in [6, 6.07) is 4.71. The summed E-state index contributed by atoms with van der Waals surface area (Å²) in [7, 11) is -7.94. The number of primary sulfonamides is 1. The number of likely N-dealkylation sites (tertiary alicyclic amines) is 1. The minimum Gasteiger partial charge on any atom is -0.369 e. The van der Waals surface area contributed by atoms with Gasteiger partial charge in [0.25, 0.3) is 0 Å². The van der Waals surface area contributed by atoms with Gasteiger partial charge in [0.15, 0.2) is 0 Å². The zero-order valence-corrected chi connectivity index (χ0v) is 21.8. The number of benzene rings is 1. The Kier molecular flexibility index (Phi) is 8.20. The average Bonchev–Trinajstić information content (AvgIpc) is 3.12. The number of sulfonamides is 2. The summed E-state index contributed by atoms with van der Waals surface area (Å²) in [6.07, 6.45) is 6.32. The molecule has 2 unspecified atom stereocenters. The Bertz CT molecular complexity index is 1060. The molecule has 2 atom stereocenters. The van der Waals surface area contributed by atoms with Gasteiger partial charge in [-0.25, -0.2) is 26.7 Å². The number of nitrogens with two attached hydrogens (primary N) is 1. The van der Waals surface area contributed by atoms with Crippen LogP contribution in [0.5, 0.6) is 0 Å². The van der Waals surface area contributed by atoms with Crippen molar-refractivity contribution in [2.24, 2.45) is 11.1 Å². The van der Waals surface area contributed by atoms with Gasteiger partial charge in [-0.05, 0) is 82.3 Å². The lowest BCUT2D eigenvalue weighted by molar-refractivity contribution is 0.182. The molecule has 3 fully saturated rings. The number of nitrogens with one attached hydrogen (secondary N) is 1. The van der Waals surface area contributed by atoms with Gasteiger partial charge >= 0.3 is 0 Å². The van der Waals surface area contributed by atoms with Crippen molar-refractivity contribution >= 4 is 25.7 Å². The Morgan fingerprint density at radius 1 is 1.00 bits per heavy atom. The molecule has 0 amide bonds. The van der Waals surface area contributed by atoms with E-state index in [0.717, 1.165) is 65.1 Å². The molecule has 192 valence electrons. The quantitative estimate of drug-likeness (QED) is 0.505. The van der Waals surface area contributed by atoms with Crippen molar-refractivity contribution in [1.29, 1.82) is 0 Å². The number of anilines is 1. The normalized spacial score (nSPS) is 25.3. The lowest BCUT2D eigenvalue weighted by Crippen LogP contribution is -2.37. The Labute approximate surface area is 204 Å². The zero-order chi connectivity index (χ0) is 24.3. The van der Waals surface area contributed by atoms with Crippen LogP contribution in [0.2, 0.25) is 0 Å². The summed E-state index contributed by atoms with van der Waals surface area (Å²) in [5.41, 5.74) is 0.495. The van der Waals surface area contributed by atoms with Crippen LogP contribution in [0.4, 0.5) is 5.69 Å². The number of hydrogen-bond acceptors (Lipinski definition) is 7. The van der Waals surface area contributed by atoms with Crippen LogP contribution in [0, 0.1) is 5.92 Å².